The van der Waals surface area contributed by atoms with Crippen molar-refractivity contribution in [2.24, 2.45) is 0 Å². The molecule has 1 amide bonds. The van der Waals surface area contributed by atoms with Gasteiger partial charge in [0.15, 0.2) is 0 Å². The van der Waals surface area contributed by atoms with Crippen molar-refractivity contribution >= 4 is 5.91 Å². The fourth-order valence-electron chi connectivity index (χ4n) is 4.03. The summed E-state index contributed by atoms with van der Waals surface area (Å²) in [7, 11) is 0. The maximum absolute atomic E-state index is 13.0. The predicted octanol–water partition coefficient (Wildman–Crippen LogP) is 3.35. The Balaban J connectivity index is 1.50. The molecule has 1 fully saturated rings. The zero-order chi connectivity index (χ0) is 19.7. The summed E-state index contributed by atoms with van der Waals surface area (Å²) in [6.45, 7) is 7.54. The van der Waals surface area contributed by atoms with Gasteiger partial charge in [-0.25, -0.2) is 0 Å². The summed E-state index contributed by atoms with van der Waals surface area (Å²) in [6, 6.07) is 3.99. The van der Waals surface area contributed by atoms with Crippen LogP contribution in [0.5, 0.6) is 0 Å². The van der Waals surface area contributed by atoms with E-state index in [1.807, 2.05) is 34.8 Å². The van der Waals surface area contributed by atoms with Gasteiger partial charge >= 0.3 is 0 Å². The number of likely N-dealkylation sites (tertiary alicyclic amines) is 1. The molecule has 4 rings (SSSR count). The van der Waals surface area contributed by atoms with Crippen molar-refractivity contribution < 1.29 is 4.79 Å². The van der Waals surface area contributed by atoms with E-state index in [-0.39, 0.29) is 11.9 Å². The Hall–Kier alpha value is -2.96. The molecule has 1 atom stereocenters. The van der Waals surface area contributed by atoms with Crippen LogP contribution >= 0.6 is 0 Å². The molecule has 1 aliphatic heterocycles. The van der Waals surface area contributed by atoms with Gasteiger partial charge in [-0.3, -0.25) is 19.6 Å². The molecule has 28 heavy (non-hydrogen) atoms. The van der Waals surface area contributed by atoms with Gasteiger partial charge in [0.25, 0.3) is 0 Å². The fourth-order valence-corrected chi connectivity index (χ4v) is 4.03. The summed E-state index contributed by atoms with van der Waals surface area (Å²) in [5, 5.41) is 12.0. The number of carbonyl (C=O) groups is 1. The highest BCUT2D eigenvalue weighted by Gasteiger charge is 2.32. The van der Waals surface area contributed by atoms with Gasteiger partial charge in [-0.15, -0.1) is 0 Å². The van der Waals surface area contributed by atoms with Gasteiger partial charge in [-0.05, 0) is 56.9 Å². The van der Waals surface area contributed by atoms with Gasteiger partial charge in [0.2, 0.25) is 5.91 Å². The second kappa shape index (κ2) is 7.58. The average Bonchev–Trinajstić information content (AvgIpc) is 3.43. The van der Waals surface area contributed by atoms with Crippen LogP contribution in [0.2, 0.25) is 0 Å². The highest BCUT2D eigenvalue weighted by molar-refractivity contribution is 5.77. The first-order chi connectivity index (χ1) is 13.6. The molecule has 0 spiro atoms. The van der Waals surface area contributed by atoms with E-state index in [4.69, 9.17) is 0 Å². The SMILES string of the molecule is Cc1nn(CCC(=O)N2CCC[C@@H]2c2[nH]ncc2-c2ccncc2)c(C)c1C. The standard InChI is InChI=1S/C21H26N6O/c1-14-15(2)25-27(16(14)3)12-8-20(28)26-11-4-5-19(26)21-18(13-23-24-21)17-6-9-22-10-7-17/h6-7,9-10,13,19H,4-5,8,11-12H2,1-3H3,(H,23,24)/t19-/m1/s1. The van der Waals surface area contributed by atoms with E-state index in [0.29, 0.717) is 13.0 Å². The Morgan fingerprint density at radius 2 is 2.04 bits per heavy atom. The van der Waals surface area contributed by atoms with E-state index in [2.05, 4.69) is 34.1 Å². The van der Waals surface area contributed by atoms with E-state index >= 15 is 0 Å². The number of aromatic amines is 1. The monoisotopic (exact) mass is 378 g/mol. The van der Waals surface area contributed by atoms with Crippen molar-refractivity contribution in [3.8, 4) is 11.1 Å². The van der Waals surface area contributed by atoms with Crippen LogP contribution in [-0.4, -0.2) is 42.3 Å². The highest BCUT2D eigenvalue weighted by Crippen LogP contribution is 2.36. The summed E-state index contributed by atoms with van der Waals surface area (Å²) in [5.41, 5.74) is 6.49. The lowest BCUT2D eigenvalue weighted by Gasteiger charge is -2.25. The largest absolute Gasteiger partial charge is 0.334 e. The Bertz CT molecular complexity index is 974. The van der Waals surface area contributed by atoms with E-state index in [9.17, 15) is 4.79 Å². The molecule has 4 heterocycles. The maximum Gasteiger partial charge on any atom is 0.224 e. The number of aryl methyl sites for hydroxylation is 2. The highest BCUT2D eigenvalue weighted by atomic mass is 16.2. The normalized spacial score (nSPS) is 16.7. The molecule has 1 N–H and O–H groups in total. The Kier molecular flexibility index (Phi) is 4.98. The first kappa shape index (κ1) is 18.4. The number of carbonyl (C=O) groups excluding carboxylic acids is 1. The number of pyridine rings is 1. The van der Waals surface area contributed by atoms with Crippen LogP contribution in [0.15, 0.2) is 30.7 Å². The molecular weight excluding hydrogens is 352 g/mol. The zero-order valence-electron chi connectivity index (χ0n) is 16.6. The molecule has 0 aliphatic carbocycles. The number of nitrogens with zero attached hydrogens (tertiary/aromatic N) is 5. The van der Waals surface area contributed by atoms with Crippen LogP contribution < -0.4 is 0 Å². The van der Waals surface area contributed by atoms with Crippen molar-refractivity contribution in [2.45, 2.75) is 52.6 Å². The van der Waals surface area contributed by atoms with E-state index in [1.54, 1.807) is 12.4 Å². The molecule has 1 aliphatic rings. The lowest BCUT2D eigenvalue weighted by Crippen LogP contribution is -2.31. The van der Waals surface area contributed by atoms with Gasteiger partial charge < -0.3 is 4.90 Å². The van der Waals surface area contributed by atoms with Crippen LogP contribution in [0.4, 0.5) is 0 Å². The summed E-state index contributed by atoms with van der Waals surface area (Å²) < 4.78 is 1.95. The summed E-state index contributed by atoms with van der Waals surface area (Å²) >= 11 is 0. The lowest BCUT2D eigenvalue weighted by atomic mass is 10.0. The van der Waals surface area contributed by atoms with E-state index in [0.717, 1.165) is 47.6 Å². The predicted molar refractivity (Wildman–Crippen MR) is 107 cm³/mol. The topological polar surface area (TPSA) is 79.7 Å². The first-order valence-corrected chi connectivity index (χ1v) is 9.80. The minimum atomic E-state index is 0.0420. The Morgan fingerprint density at radius 1 is 1.25 bits per heavy atom. The second-order valence-electron chi connectivity index (χ2n) is 7.45. The first-order valence-electron chi connectivity index (χ1n) is 9.80. The molecule has 0 radical (unpaired) electrons. The van der Waals surface area contributed by atoms with Crippen LogP contribution in [0.3, 0.4) is 0 Å². The Morgan fingerprint density at radius 3 is 2.75 bits per heavy atom. The number of H-pyrrole nitrogens is 1. The van der Waals surface area contributed by atoms with Crippen molar-refractivity contribution in [1.82, 2.24) is 29.9 Å². The zero-order valence-corrected chi connectivity index (χ0v) is 16.6. The quantitative estimate of drug-likeness (QED) is 0.738. The third-order valence-corrected chi connectivity index (χ3v) is 5.85. The van der Waals surface area contributed by atoms with Gasteiger partial charge in [-0.2, -0.15) is 10.2 Å². The molecule has 146 valence electrons. The summed E-state index contributed by atoms with van der Waals surface area (Å²) in [5.74, 6) is 0.169. The van der Waals surface area contributed by atoms with Crippen LogP contribution in [0.1, 0.15) is 47.9 Å². The number of aromatic nitrogens is 5. The van der Waals surface area contributed by atoms with Crippen molar-refractivity contribution in [1.29, 1.82) is 0 Å². The Labute approximate surface area is 164 Å². The number of nitrogens with one attached hydrogen (secondary N) is 1. The van der Waals surface area contributed by atoms with Crippen LogP contribution in [0.25, 0.3) is 11.1 Å². The van der Waals surface area contributed by atoms with Gasteiger partial charge in [0, 0.05) is 43.2 Å². The summed E-state index contributed by atoms with van der Waals surface area (Å²) in [6.07, 6.45) is 7.80. The van der Waals surface area contributed by atoms with Crippen molar-refractivity contribution in [3.63, 3.8) is 0 Å². The van der Waals surface area contributed by atoms with Gasteiger partial charge in [-0.1, -0.05) is 0 Å². The van der Waals surface area contributed by atoms with E-state index in [1.165, 1.54) is 5.56 Å². The molecular formula is C21H26N6O. The van der Waals surface area contributed by atoms with Gasteiger partial charge in [0.1, 0.15) is 0 Å². The van der Waals surface area contributed by atoms with Crippen molar-refractivity contribution in [2.75, 3.05) is 6.54 Å². The lowest BCUT2D eigenvalue weighted by molar-refractivity contribution is -0.132. The number of hydrogen-bond donors (Lipinski definition) is 1. The van der Waals surface area contributed by atoms with Crippen LogP contribution in [0, 0.1) is 20.8 Å². The molecule has 3 aromatic rings. The third kappa shape index (κ3) is 3.32. The fraction of sp³-hybridized carbons (Fsp3) is 0.429. The number of hydrogen-bond acceptors (Lipinski definition) is 4. The minimum absolute atomic E-state index is 0.0420. The number of amides is 1. The molecule has 0 bridgehead atoms. The smallest absolute Gasteiger partial charge is 0.224 e. The summed E-state index contributed by atoms with van der Waals surface area (Å²) in [4.78, 5) is 19.1. The molecule has 0 saturated carbocycles. The molecule has 7 heteroatoms. The molecule has 0 unspecified atom stereocenters. The second-order valence-corrected chi connectivity index (χ2v) is 7.45. The van der Waals surface area contributed by atoms with Crippen LogP contribution in [-0.2, 0) is 11.3 Å². The average molecular weight is 378 g/mol. The molecule has 3 aromatic heterocycles. The molecule has 1 saturated heterocycles. The number of rotatable bonds is 5. The third-order valence-electron chi connectivity index (χ3n) is 5.85. The minimum Gasteiger partial charge on any atom is -0.334 e. The van der Waals surface area contributed by atoms with E-state index < -0.39 is 0 Å². The molecule has 7 nitrogen and oxygen atoms in total. The van der Waals surface area contributed by atoms with Gasteiger partial charge in [0.05, 0.1) is 23.6 Å². The van der Waals surface area contributed by atoms with Crippen molar-refractivity contribution in [3.05, 3.63) is 53.4 Å². The maximum atomic E-state index is 13.0. The molecule has 0 aromatic carbocycles.